The molecular formula is C11H25NO. The number of aliphatic hydroxyl groups is 1. The molecule has 0 aliphatic carbocycles. The molecule has 0 amide bonds. The van der Waals surface area contributed by atoms with Crippen LogP contribution in [0.1, 0.15) is 47.5 Å². The summed E-state index contributed by atoms with van der Waals surface area (Å²) in [5, 5.41) is 12.8. The first kappa shape index (κ1) is 12.9. The van der Waals surface area contributed by atoms with Crippen LogP contribution in [0.4, 0.5) is 0 Å². The Bertz CT molecular complexity index is 125. The number of hydrogen-bond acceptors (Lipinski definition) is 2. The molecule has 0 unspecified atom stereocenters. The van der Waals surface area contributed by atoms with Gasteiger partial charge in [0.15, 0.2) is 0 Å². The second-order valence-electron chi connectivity index (χ2n) is 5.06. The SMILES string of the molecule is CCC(CC)(CO)NCC(C)(C)C. The summed E-state index contributed by atoms with van der Waals surface area (Å²) in [5.74, 6) is 0. The molecule has 0 aromatic heterocycles. The van der Waals surface area contributed by atoms with Gasteiger partial charge in [-0.1, -0.05) is 34.6 Å². The van der Waals surface area contributed by atoms with Crippen LogP contribution >= 0.6 is 0 Å². The van der Waals surface area contributed by atoms with Gasteiger partial charge in [-0.2, -0.15) is 0 Å². The summed E-state index contributed by atoms with van der Waals surface area (Å²) in [5.41, 5.74) is 0.220. The van der Waals surface area contributed by atoms with E-state index >= 15 is 0 Å². The molecule has 0 atom stereocenters. The van der Waals surface area contributed by atoms with Crippen molar-refractivity contribution >= 4 is 0 Å². The summed E-state index contributed by atoms with van der Waals surface area (Å²) in [6, 6.07) is 0. The van der Waals surface area contributed by atoms with Crippen molar-refractivity contribution in [1.29, 1.82) is 0 Å². The molecule has 0 aliphatic rings. The first-order valence-corrected chi connectivity index (χ1v) is 5.25. The summed E-state index contributed by atoms with van der Waals surface area (Å²) in [6.07, 6.45) is 1.96. The Labute approximate surface area is 82.7 Å². The van der Waals surface area contributed by atoms with E-state index in [-0.39, 0.29) is 17.6 Å². The van der Waals surface area contributed by atoms with Gasteiger partial charge in [0.2, 0.25) is 0 Å². The average molecular weight is 187 g/mol. The van der Waals surface area contributed by atoms with Crippen LogP contribution in [0.25, 0.3) is 0 Å². The maximum absolute atomic E-state index is 9.31. The summed E-state index contributed by atoms with van der Waals surface area (Å²) in [4.78, 5) is 0. The molecule has 13 heavy (non-hydrogen) atoms. The molecule has 0 bridgehead atoms. The molecular weight excluding hydrogens is 162 g/mol. The van der Waals surface area contributed by atoms with Crippen molar-refractivity contribution in [2.24, 2.45) is 5.41 Å². The zero-order valence-corrected chi connectivity index (χ0v) is 9.78. The smallest absolute Gasteiger partial charge is 0.0613 e. The maximum Gasteiger partial charge on any atom is 0.0613 e. The fourth-order valence-corrected chi connectivity index (χ4v) is 1.23. The summed E-state index contributed by atoms with van der Waals surface area (Å²) in [7, 11) is 0. The van der Waals surface area contributed by atoms with Crippen LogP contribution in [0.3, 0.4) is 0 Å². The lowest BCUT2D eigenvalue weighted by atomic mass is 9.90. The van der Waals surface area contributed by atoms with Gasteiger partial charge in [-0.15, -0.1) is 0 Å². The first-order valence-electron chi connectivity index (χ1n) is 5.25. The summed E-state index contributed by atoms with van der Waals surface area (Å²) in [6.45, 7) is 12.0. The van der Waals surface area contributed by atoms with Crippen LogP contribution in [0, 0.1) is 5.41 Å². The van der Waals surface area contributed by atoms with Crippen molar-refractivity contribution in [1.82, 2.24) is 5.32 Å². The van der Waals surface area contributed by atoms with E-state index in [4.69, 9.17) is 0 Å². The summed E-state index contributed by atoms with van der Waals surface area (Å²) < 4.78 is 0. The molecule has 0 rings (SSSR count). The zero-order chi connectivity index (χ0) is 10.5. The predicted octanol–water partition coefficient (Wildman–Crippen LogP) is 2.17. The molecule has 2 N–H and O–H groups in total. The molecule has 2 heteroatoms. The molecule has 80 valence electrons. The Balaban J connectivity index is 4.11. The minimum atomic E-state index is -0.0622. The van der Waals surface area contributed by atoms with Crippen molar-refractivity contribution in [2.75, 3.05) is 13.2 Å². The maximum atomic E-state index is 9.31. The van der Waals surface area contributed by atoms with E-state index in [2.05, 4.69) is 39.9 Å². The van der Waals surface area contributed by atoms with Gasteiger partial charge in [0, 0.05) is 12.1 Å². The summed E-state index contributed by atoms with van der Waals surface area (Å²) >= 11 is 0. The molecule has 0 aliphatic heterocycles. The van der Waals surface area contributed by atoms with E-state index in [1.54, 1.807) is 0 Å². The topological polar surface area (TPSA) is 32.3 Å². The highest BCUT2D eigenvalue weighted by molar-refractivity contribution is 4.86. The van der Waals surface area contributed by atoms with Crippen LogP contribution < -0.4 is 5.32 Å². The van der Waals surface area contributed by atoms with E-state index in [9.17, 15) is 5.11 Å². The van der Waals surface area contributed by atoms with Crippen LogP contribution in [-0.4, -0.2) is 23.8 Å². The molecule has 0 spiro atoms. The van der Waals surface area contributed by atoms with Crippen molar-refractivity contribution in [3.8, 4) is 0 Å². The highest BCUT2D eigenvalue weighted by Gasteiger charge is 2.26. The van der Waals surface area contributed by atoms with Gasteiger partial charge in [-0.3, -0.25) is 0 Å². The monoisotopic (exact) mass is 187 g/mol. The quantitative estimate of drug-likeness (QED) is 0.691. The molecule has 0 fully saturated rings. The van der Waals surface area contributed by atoms with Crippen molar-refractivity contribution in [3.05, 3.63) is 0 Å². The average Bonchev–Trinajstić information content (AvgIpc) is 2.06. The molecule has 0 saturated carbocycles. The van der Waals surface area contributed by atoms with Crippen molar-refractivity contribution in [2.45, 2.75) is 53.0 Å². The lowest BCUT2D eigenvalue weighted by Gasteiger charge is -2.34. The minimum Gasteiger partial charge on any atom is -0.394 e. The predicted molar refractivity (Wildman–Crippen MR) is 57.9 cm³/mol. The molecule has 0 radical (unpaired) electrons. The fourth-order valence-electron chi connectivity index (χ4n) is 1.23. The highest BCUT2D eigenvalue weighted by atomic mass is 16.3. The second kappa shape index (κ2) is 4.97. The Morgan fingerprint density at radius 2 is 1.54 bits per heavy atom. The van der Waals surface area contributed by atoms with E-state index < -0.39 is 0 Å². The normalized spacial score (nSPS) is 13.4. The van der Waals surface area contributed by atoms with Gasteiger partial charge >= 0.3 is 0 Å². The van der Waals surface area contributed by atoms with Gasteiger partial charge < -0.3 is 10.4 Å². The molecule has 2 nitrogen and oxygen atoms in total. The van der Waals surface area contributed by atoms with Gasteiger partial charge in [-0.05, 0) is 18.3 Å². The molecule has 0 saturated heterocycles. The molecule has 0 aromatic carbocycles. The van der Waals surface area contributed by atoms with Gasteiger partial charge in [-0.25, -0.2) is 0 Å². The van der Waals surface area contributed by atoms with Crippen LogP contribution in [0.2, 0.25) is 0 Å². The third-order valence-electron chi connectivity index (χ3n) is 2.65. The standard InChI is InChI=1S/C11H25NO/c1-6-11(7-2,9-13)12-8-10(3,4)5/h12-13H,6-9H2,1-5H3. The van der Waals surface area contributed by atoms with Crippen molar-refractivity contribution in [3.63, 3.8) is 0 Å². The van der Waals surface area contributed by atoms with Gasteiger partial charge in [0.25, 0.3) is 0 Å². The number of aliphatic hydroxyl groups excluding tert-OH is 1. The Morgan fingerprint density at radius 3 is 1.77 bits per heavy atom. The van der Waals surface area contributed by atoms with E-state index in [0.717, 1.165) is 19.4 Å². The Hall–Kier alpha value is -0.0800. The minimum absolute atomic E-state index is 0.0622. The number of rotatable bonds is 5. The fraction of sp³-hybridized carbons (Fsp3) is 1.00. The second-order valence-corrected chi connectivity index (χ2v) is 5.06. The van der Waals surface area contributed by atoms with Crippen LogP contribution in [0.5, 0.6) is 0 Å². The van der Waals surface area contributed by atoms with Gasteiger partial charge in [0.1, 0.15) is 0 Å². The highest BCUT2D eigenvalue weighted by Crippen LogP contribution is 2.18. The van der Waals surface area contributed by atoms with Crippen molar-refractivity contribution < 1.29 is 5.11 Å². The number of hydrogen-bond donors (Lipinski definition) is 2. The Morgan fingerprint density at radius 1 is 1.08 bits per heavy atom. The van der Waals surface area contributed by atoms with E-state index in [0.29, 0.717) is 0 Å². The number of nitrogens with one attached hydrogen (secondary N) is 1. The first-order chi connectivity index (χ1) is 5.89. The van der Waals surface area contributed by atoms with E-state index in [1.165, 1.54) is 0 Å². The zero-order valence-electron chi connectivity index (χ0n) is 9.78. The van der Waals surface area contributed by atoms with Gasteiger partial charge in [0.05, 0.1) is 6.61 Å². The Kier molecular flexibility index (Phi) is 4.93. The third kappa shape index (κ3) is 4.63. The third-order valence-corrected chi connectivity index (χ3v) is 2.65. The van der Waals surface area contributed by atoms with E-state index in [1.807, 2.05) is 0 Å². The van der Waals surface area contributed by atoms with Crippen LogP contribution in [0.15, 0.2) is 0 Å². The molecule has 0 aromatic rings. The lowest BCUT2D eigenvalue weighted by molar-refractivity contribution is 0.138. The molecule has 0 heterocycles. The lowest BCUT2D eigenvalue weighted by Crippen LogP contribution is -2.50. The van der Waals surface area contributed by atoms with Crippen LogP contribution in [-0.2, 0) is 0 Å². The largest absolute Gasteiger partial charge is 0.394 e.